The first-order chi connectivity index (χ1) is 8.95. The topological polar surface area (TPSA) is 72.3 Å². The minimum absolute atomic E-state index is 0.0106. The van der Waals surface area contributed by atoms with Crippen LogP contribution in [0.1, 0.15) is 25.3 Å². The van der Waals surface area contributed by atoms with Gasteiger partial charge in [0, 0.05) is 12.1 Å². The minimum atomic E-state index is -0.492. The van der Waals surface area contributed by atoms with Gasteiger partial charge < -0.3 is 16.4 Å². The predicted molar refractivity (Wildman–Crippen MR) is 78.6 cm³/mol. The molecule has 19 heavy (non-hydrogen) atoms. The number of halogens is 1. The van der Waals surface area contributed by atoms with E-state index in [1.54, 1.807) is 17.0 Å². The first-order valence-corrected chi connectivity index (χ1v) is 6.49. The van der Waals surface area contributed by atoms with Crippen molar-refractivity contribution >= 4 is 28.8 Å². The number of rotatable bonds is 7. The molecule has 0 bridgehead atoms. The second kappa shape index (κ2) is 7.04. The molecule has 0 saturated carbocycles. The molecular formula is C13H18FN3OS. The molecule has 104 valence electrons. The summed E-state index contributed by atoms with van der Waals surface area (Å²) >= 11 is 4.79. The lowest BCUT2D eigenvalue weighted by atomic mass is 10.1. The molecule has 0 aromatic heterocycles. The Hall–Kier alpha value is -1.69. The highest BCUT2D eigenvalue weighted by atomic mass is 32.1. The number of amides is 1. The van der Waals surface area contributed by atoms with Crippen LogP contribution in [0.15, 0.2) is 18.2 Å². The van der Waals surface area contributed by atoms with Crippen LogP contribution in [0.4, 0.5) is 10.1 Å². The van der Waals surface area contributed by atoms with E-state index in [0.717, 1.165) is 12.8 Å². The molecule has 6 heteroatoms. The number of nitrogens with two attached hydrogens (primary N) is 2. The molecular weight excluding hydrogens is 265 g/mol. The van der Waals surface area contributed by atoms with Gasteiger partial charge in [-0.25, -0.2) is 4.39 Å². The Morgan fingerprint density at radius 2 is 2.11 bits per heavy atom. The number of unbranched alkanes of at least 4 members (excludes halogenated alkanes) is 1. The summed E-state index contributed by atoms with van der Waals surface area (Å²) in [5.74, 6) is -0.948. The molecule has 0 unspecified atom stereocenters. The van der Waals surface area contributed by atoms with Crippen LogP contribution in [0.3, 0.4) is 0 Å². The molecule has 4 nitrogen and oxygen atoms in total. The molecule has 0 aliphatic heterocycles. The summed E-state index contributed by atoms with van der Waals surface area (Å²) in [6.07, 6.45) is 1.80. The molecule has 0 fully saturated rings. The molecule has 0 spiro atoms. The van der Waals surface area contributed by atoms with Gasteiger partial charge in [-0.2, -0.15) is 0 Å². The number of benzene rings is 1. The van der Waals surface area contributed by atoms with E-state index in [2.05, 4.69) is 0 Å². The van der Waals surface area contributed by atoms with Gasteiger partial charge in [-0.05, 0) is 24.6 Å². The van der Waals surface area contributed by atoms with E-state index in [4.69, 9.17) is 23.7 Å². The van der Waals surface area contributed by atoms with Gasteiger partial charge in [0.15, 0.2) is 0 Å². The number of nitrogens with zero attached hydrogens (tertiary/aromatic N) is 1. The van der Waals surface area contributed by atoms with Crippen molar-refractivity contribution in [1.82, 2.24) is 0 Å². The van der Waals surface area contributed by atoms with Gasteiger partial charge in [0.05, 0.1) is 12.2 Å². The maximum atomic E-state index is 14.0. The first-order valence-electron chi connectivity index (χ1n) is 6.08. The van der Waals surface area contributed by atoms with Gasteiger partial charge >= 0.3 is 0 Å². The third-order valence-electron chi connectivity index (χ3n) is 2.70. The smallest absolute Gasteiger partial charge is 0.236 e. The molecule has 1 aromatic carbocycles. The number of hydrogen-bond acceptors (Lipinski definition) is 3. The van der Waals surface area contributed by atoms with E-state index in [1.807, 2.05) is 6.92 Å². The first kappa shape index (κ1) is 15.4. The van der Waals surface area contributed by atoms with E-state index in [0.29, 0.717) is 17.8 Å². The quantitative estimate of drug-likeness (QED) is 0.745. The lowest BCUT2D eigenvalue weighted by Crippen LogP contribution is -2.35. The average Bonchev–Trinajstić information content (AvgIpc) is 2.34. The fraction of sp³-hybridized carbons (Fsp3) is 0.385. The monoisotopic (exact) mass is 283 g/mol. The second-order valence-corrected chi connectivity index (χ2v) is 4.71. The van der Waals surface area contributed by atoms with Gasteiger partial charge in [-0.1, -0.05) is 25.6 Å². The zero-order valence-corrected chi connectivity index (χ0v) is 11.7. The number of anilines is 1. The van der Waals surface area contributed by atoms with Crippen molar-refractivity contribution in [2.45, 2.75) is 19.8 Å². The molecule has 1 rings (SSSR count). The highest BCUT2D eigenvalue weighted by Gasteiger charge is 2.14. The van der Waals surface area contributed by atoms with E-state index >= 15 is 0 Å². The third-order valence-corrected chi connectivity index (χ3v) is 2.94. The van der Waals surface area contributed by atoms with Gasteiger partial charge in [-0.3, -0.25) is 4.79 Å². The molecule has 0 atom stereocenters. The summed E-state index contributed by atoms with van der Waals surface area (Å²) in [7, 11) is 0. The van der Waals surface area contributed by atoms with E-state index in [1.165, 1.54) is 6.07 Å². The molecule has 4 N–H and O–H groups in total. The molecule has 1 amide bonds. The highest BCUT2D eigenvalue weighted by Crippen LogP contribution is 2.21. The predicted octanol–water partition coefficient (Wildman–Crippen LogP) is 1.55. The van der Waals surface area contributed by atoms with Gasteiger partial charge in [0.1, 0.15) is 10.8 Å². The maximum absolute atomic E-state index is 14.0. The largest absolute Gasteiger partial charge is 0.389 e. The Morgan fingerprint density at radius 1 is 1.42 bits per heavy atom. The molecule has 0 radical (unpaired) electrons. The average molecular weight is 283 g/mol. The van der Waals surface area contributed by atoms with Crippen molar-refractivity contribution in [3.8, 4) is 0 Å². The third kappa shape index (κ3) is 4.48. The Kier molecular flexibility index (Phi) is 5.69. The van der Waals surface area contributed by atoms with Gasteiger partial charge in [0.2, 0.25) is 5.91 Å². The van der Waals surface area contributed by atoms with E-state index in [9.17, 15) is 9.18 Å². The van der Waals surface area contributed by atoms with Crippen LogP contribution in [0.5, 0.6) is 0 Å². The summed E-state index contributed by atoms with van der Waals surface area (Å²) in [4.78, 5) is 12.8. The Balaban J connectivity index is 3.00. The Morgan fingerprint density at radius 3 is 2.58 bits per heavy atom. The maximum Gasteiger partial charge on any atom is 0.236 e. The normalized spacial score (nSPS) is 10.2. The van der Waals surface area contributed by atoms with Crippen molar-refractivity contribution in [3.05, 3.63) is 29.6 Å². The van der Waals surface area contributed by atoms with E-state index in [-0.39, 0.29) is 11.5 Å². The van der Waals surface area contributed by atoms with Crippen molar-refractivity contribution < 1.29 is 9.18 Å². The summed E-state index contributed by atoms with van der Waals surface area (Å²) in [5, 5.41) is 0. The van der Waals surface area contributed by atoms with Crippen molar-refractivity contribution in [2.24, 2.45) is 11.5 Å². The van der Waals surface area contributed by atoms with Crippen LogP contribution in [0.2, 0.25) is 0 Å². The number of hydrogen-bond donors (Lipinski definition) is 2. The van der Waals surface area contributed by atoms with Crippen LogP contribution in [-0.2, 0) is 4.79 Å². The lowest BCUT2D eigenvalue weighted by molar-refractivity contribution is -0.116. The van der Waals surface area contributed by atoms with Crippen LogP contribution in [0.25, 0.3) is 0 Å². The standard InChI is InChI=1S/C13H18FN3OS/c1-2-3-6-17(8-12(15)18)11-5-4-9(13(16)19)7-10(11)14/h4-5,7H,2-3,6,8H2,1H3,(H2,15,18)(H2,16,19). The number of thiocarbonyl (C=S) groups is 1. The molecule has 1 aromatic rings. The number of primary amides is 1. The zero-order chi connectivity index (χ0) is 14.4. The number of carbonyl (C=O) groups excluding carboxylic acids is 1. The zero-order valence-electron chi connectivity index (χ0n) is 10.9. The fourth-order valence-corrected chi connectivity index (χ4v) is 1.87. The Labute approximate surface area is 117 Å². The highest BCUT2D eigenvalue weighted by molar-refractivity contribution is 7.80. The molecule has 0 saturated heterocycles. The second-order valence-electron chi connectivity index (χ2n) is 4.27. The molecule has 0 aliphatic rings. The SMILES string of the molecule is CCCCN(CC(N)=O)c1ccc(C(N)=S)cc1F. The summed E-state index contributed by atoms with van der Waals surface area (Å²) < 4.78 is 14.0. The van der Waals surface area contributed by atoms with Crippen molar-refractivity contribution in [3.63, 3.8) is 0 Å². The van der Waals surface area contributed by atoms with Crippen molar-refractivity contribution in [2.75, 3.05) is 18.0 Å². The van der Waals surface area contributed by atoms with Gasteiger partial charge in [-0.15, -0.1) is 0 Å². The molecule has 0 heterocycles. The minimum Gasteiger partial charge on any atom is -0.389 e. The van der Waals surface area contributed by atoms with Crippen molar-refractivity contribution in [1.29, 1.82) is 0 Å². The fourth-order valence-electron chi connectivity index (χ4n) is 1.74. The summed E-state index contributed by atoms with van der Waals surface area (Å²) in [5.41, 5.74) is 11.4. The summed E-state index contributed by atoms with van der Waals surface area (Å²) in [6, 6.07) is 4.49. The van der Waals surface area contributed by atoms with Crippen LogP contribution in [0, 0.1) is 5.82 Å². The van der Waals surface area contributed by atoms with Crippen LogP contribution in [-0.4, -0.2) is 24.0 Å². The van der Waals surface area contributed by atoms with Crippen LogP contribution >= 0.6 is 12.2 Å². The van der Waals surface area contributed by atoms with E-state index < -0.39 is 11.7 Å². The van der Waals surface area contributed by atoms with Crippen LogP contribution < -0.4 is 16.4 Å². The lowest BCUT2D eigenvalue weighted by Gasteiger charge is -2.23. The van der Waals surface area contributed by atoms with Gasteiger partial charge in [0.25, 0.3) is 0 Å². The number of carbonyl (C=O) groups is 1. The Bertz CT molecular complexity index is 479. The molecule has 0 aliphatic carbocycles. The summed E-state index contributed by atoms with van der Waals surface area (Å²) in [6.45, 7) is 2.58.